The molecule has 3 aromatic carbocycles. The van der Waals surface area contributed by atoms with Crippen molar-refractivity contribution in [1.29, 1.82) is 0 Å². The SMILES string of the molecule is Cc1cc(-c2cc(C(C)(C)C)cc(C(C)(C)C)c2)c(O)c(-c2cc(C(C)(C)C)ccc2O)c1. The van der Waals surface area contributed by atoms with Crippen molar-refractivity contribution in [3.05, 3.63) is 70.8 Å². The van der Waals surface area contributed by atoms with Crippen molar-refractivity contribution in [3.63, 3.8) is 0 Å². The van der Waals surface area contributed by atoms with Crippen molar-refractivity contribution in [2.45, 2.75) is 85.5 Å². The summed E-state index contributed by atoms with van der Waals surface area (Å²) in [5, 5.41) is 22.2. The van der Waals surface area contributed by atoms with Gasteiger partial charge in [-0.1, -0.05) is 86.6 Å². The number of aromatic hydroxyl groups is 2. The second-order valence-corrected chi connectivity index (χ2v) is 12.5. The monoisotopic (exact) mass is 444 g/mol. The first-order valence-corrected chi connectivity index (χ1v) is 11.8. The standard InChI is InChI=1S/C31H40O2/c1-19-13-24(20-15-22(30(5,6)7)17-23(16-20)31(8,9)10)28(33)26(14-19)25-18-21(29(2,3)4)11-12-27(25)32/h11-18,32-33H,1-10H3. The molecule has 33 heavy (non-hydrogen) atoms. The van der Waals surface area contributed by atoms with Crippen LogP contribution >= 0.6 is 0 Å². The Bertz CT molecular complexity index is 1150. The van der Waals surface area contributed by atoms with Crippen LogP contribution in [0.2, 0.25) is 0 Å². The number of hydrogen-bond donors (Lipinski definition) is 2. The molecule has 0 heterocycles. The summed E-state index contributed by atoms with van der Waals surface area (Å²) in [6.45, 7) is 21.8. The molecule has 0 fully saturated rings. The fourth-order valence-electron chi connectivity index (χ4n) is 4.07. The topological polar surface area (TPSA) is 40.5 Å². The molecule has 3 rings (SSSR count). The van der Waals surface area contributed by atoms with Crippen molar-refractivity contribution in [2.75, 3.05) is 0 Å². The Labute approximate surface area is 200 Å². The highest BCUT2D eigenvalue weighted by atomic mass is 16.3. The molecular weight excluding hydrogens is 404 g/mol. The van der Waals surface area contributed by atoms with Gasteiger partial charge in [0.1, 0.15) is 11.5 Å². The lowest BCUT2D eigenvalue weighted by Gasteiger charge is -2.27. The fraction of sp³-hybridized carbons (Fsp3) is 0.419. The third kappa shape index (κ3) is 5.27. The molecule has 2 N–H and O–H groups in total. The van der Waals surface area contributed by atoms with Gasteiger partial charge in [0.15, 0.2) is 0 Å². The van der Waals surface area contributed by atoms with Gasteiger partial charge in [0.2, 0.25) is 0 Å². The zero-order valence-electron chi connectivity index (χ0n) is 22.0. The average molecular weight is 445 g/mol. The Morgan fingerprint density at radius 2 is 1.00 bits per heavy atom. The number of phenols is 2. The summed E-state index contributed by atoms with van der Waals surface area (Å²) in [6.07, 6.45) is 0. The maximum atomic E-state index is 11.5. The molecule has 0 unspecified atom stereocenters. The maximum absolute atomic E-state index is 11.5. The van der Waals surface area contributed by atoms with Gasteiger partial charge in [-0.3, -0.25) is 0 Å². The molecule has 2 heteroatoms. The first kappa shape index (κ1) is 24.9. The minimum absolute atomic E-state index is 0.0163. The van der Waals surface area contributed by atoms with Gasteiger partial charge in [-0.2, -0.15) is 0 Å². The lowest BCUT2D eigenvalue weighted by Crippen LogP contribution is -2.16. The Morgan fingerprint density at radius 1 is 0.515 bits per heavy atom. The highest BCUT2D eigenvalue weighted by Gasteiger charge is 2.23. The fourth-order valence-corrected chi connectivity index (χ4v) is 4.07. The van der Waals surface area contributed by atoms with Crippen molar-refractivity contribution in [1.82, 2.24) is 0 Å². The number of rotatable bonds is 2. The lowest BCUT2D eigenvalue weighted by molar-refractivity contribution is 0.469. The van der Waals surface area contributed by atoms with Crippen LogP contribution in [0.15, 0.2) is 48.5 Å². The molecule has 0 bridgehead atoms. The van der Waals surface area contributed by atoms with Gasteiger partial charge in [0, 0.05) is 16.7 Å². The van der Waals surface area contributed by atoms with Crippen LogP contribution in [-0.2, 0) is 16.2 Å². The Kier molecular flexibility index (Phi) is 6.21. The van der Waals surface area contributed by atoms with E-state index in [0.29, 0.717) is 11.1 Å². The number of hydrogen-bond acceptors (Lipinski definition) is 2. The van der Waals surface area contributed by atoms with Crippen LogP contribution in [-0.4, -0.2) is 10.2 Å². The summed E-state index contributed by atoms with van der Waals surface area (Å²) >= 11 is 0. The van der Waals surface area contributed by atoms with Gasteiger partial charge < -0.3 is 10.2 Å². The summed E-state index contributed by atoms with van der Waals surface area (Å²) in [7, 11) is 0. The van der Waals surface area contributed by atoms with Crippen molar-refractivity contribution in [3.8, 4) is 33.8 Å². The van der Waals surface area contributed by atoms with E-state index in [-0.39, 0.29) is 27.7 Å². The van der Waals surface area contributed by atoms with Gasteiger partial charge in [-0.05, 0) is 75.3 Å². The average Bonchev–Trinajstić information content (AvgIpc) is 2.67. The first-order valence-electron chi connectivity index (χ1n) is 11.8. The second-order valence-electron chi connectivity index (χ2n) is 12.5. The third-order valence-electron chi connectivity index (χ3n) is 6.38. The normalized spacial score (nSPS) is 12.8. The molecule has 0 radical (unpaired) electrons. The van der Waals surface area contributed by atoms with E-state index >= 15 is 0 Å². The molecule has 2 nitrogen and oxygen atoms in total. The maximum Gasteiger partial charge on any atom is 0.131 e. The summed E-state index contributed by atoms with van der Waals surface area (Å²) in [4.78, 5) is 0. The van der Waals surface area contributed by atoms with E-state index in [0.717, 1.165) is 22.3 Å². The summed E-state index contributed by atoms with van der Waals surface area (Å²) in [6, 6.07) is 16.4. The van der Waals surface area contributed by atoms with Crippen LogP contribution in [0, 0.1) is 6.92 Å². The smallest absolute Gasteiger partial charge is 0.131 e. The summed E-state index contributed by atoms with van der Waals surface area (Å²) in [5.74, 6) is 0.376. The molecule has 0 saturated heterocycles. The van der Waals surface area contributed by atoms with Crippen LogP contribution in [0.4, 0.5) is 0 Å². The summed E-state index contributed by atoms with van der Waals surface area (Å²) < 4.78 is 0. The molecule has 0 aliphatic heterocycles. The molecule has 0 amide bonds. The van der Waals surface area contributed by atoms with Crippen LogP contribution in [0.3, 0.4) is 0 Å². The number of aryl methyl sites for hydroxylation is 1. The van der Waals surface area contributed by atoms with Crippen LogP contribution in [0.5, 0.6) is 11.5 Å². The Hall–Kier alpha value is -2.74. The van der Waals surface area contributed by atoms with Crippen LogP contribution in [0.1, 0.15) is 84.6 Å². The van der Waals surface area contributed by atoms with E-state index in [1.54, 1.807) is 6.07 Å². The molecule has 0 spiro atoms. The number of benzene rings is 3. The first-order chi connectivity index (χ1) is 15.0. The Balaban J connectivity index is 2.31. The van der Waals surface area contributed by atoms with E-state index in [2.05, 4.69) is 80.5 Å². The quantitative estimate of drug-likeness (QED) is 0.415. The van der Waals surface area contributed by atoms with E-state index in [1.807, 2.05) is 31.2 Å². The predicted molar refractivity (Wildman–Crippen MR) is 141 cm³/mol. The largest absolute Gasteiger partial charge is 0.507 e. The van der Waals surface area contributed by atoms with Gasteiger partial charge in [-0.15, -0.1) is 0 Å². The van der Waals surface area contributed by atoms with Crippen molar-refractivity contribution >= 4 is 0 Å². The van der Waals surface area contributed by atoms with E-state index in [1.165, 1.54) is 11.1 Å². The van der Waals surface area contributed by atoms with Crippen LogP contribution < -0.4 is 0 Å². The zero-order chi connectivity index (χ0) is 24.9. The van der Waals surface area contributed by atoms with Crippen LogP contribution in [0.25, 0.3) is 22.3 Å². The van der Waals surface area contributed by atoms with E-state index in [9.17, 15) is 10.2 Å². The van der Waals surface area contributed by atoms with Crippen molar-refractivity contribution in [2.24, 2.45) is 0 Å². The lowest BCUT2D eigenvalue weighted by atomic mass is 9.78. The minimum Gasteiger partial charge on any atom is -0.507 e. The van der Waals surface area contributed by atoms with Gasteiger partial charge >= 0.3 is 0 Å². The van der Waals surface area contributed by atoms with Gasteiger partial charge in [-0.25, -0.2) is 0 Å². The molecule has 176 valence electrons. The zero-order valence-corrected chi connectivity index (χ0v) is 22.0. The second kappa shape index (κ2) is 8.24. The van der Waals surface area contributed by atoms with E-state index < -0.39 is 0 Å². The predicted octanol–water partition coefficient (Wildman–Crippen LogP) is 8.63. The molecule has 0 aliphatic rings. The molecule has 0 aromatic heterocycles. The van der Waals surface area contributed by atoms with E-state index in [4.69, 9.17) is 0 Å². The highest BCUT2D eigenvalue weighted by molar-refractivity contribution is 5.85. The summed E-state index contributed by atoms with van der Waals surface area (Å²) in [5.41, 5.74) is 7.65. The molecular formula is C31H40O2. The highest BCUT2D eigenvalue weighted by Crippen LogP contribution is 2.45. The van der Waals surface area contributed by atoms with Gasteiger partial charge in [0.05, 0.1) is 0 Å². The molecule has 0 aliphatic carbocycles. The number of phenolic OH excluding ortho intramolecular Hbond substituents is 2. The Morgan fingerprint density at radius 3 is 1.48 bits per heavy atom. The minimum atomic E-state index is -0.0621. The molecule has 3 aromatic rings. The van der Waals surface area contributed by atoms with Crippen molar-refractivity contribution < 1.29 is 10.2 Å². The molecule has 0 saturated carbocycles. The van der Waals surface area contributed by atoms with Gasteiger partial charge in [0.25, 0.3) is 0 Å². The third-order valence-corrected chi connectivity index (χ3v) is 6.38. The molecule has 0 atom stereocenters.